The van der Waals surface area contributed by atoms with Gasteiger partial charge >= 0.3 is 0 Å². The second-order valence-corrected chi connectivity index (χ2v) is 6.60. The van der Waals surface area contributed by atoms with E-state index in [1.165, 1.54) is 19.5 Å². The zero-order valence-electron chi connectivity index (χ0n) is 11.8. The molecule has 2 fully saturated rings. The molecule has 2 aliphatic heterocycles. The number of hydrogen-bond acceptors (Lipinski definition) is 2. The normalized spacial score (nSPS) is 28.0. The van der Waals surface area contributed by atoms with Gasteiger partial charge in [0.2, 0.25) is 0 Å². The molecule has 0 radical (unpaired) electrons. The number of aromatic nitrogens is 1. The van der Waals surface area contributed by atoms with E-state index in [-0.39, 0.29) is 11.9 Å². The summed E-state index contributed by atoms with van der Waals surface area (Å²) in [4.78, 5) is 14.9. The van der Waals surface area contributed by atoms with Crippen molar-refractivity contribution in [3.63, 3.8) is 0 Å². The summed E-state index contributed by atoms with van der Waals surface area (Å²) in [5, 5.41) is 3.85. The minimum Gasteiger partial charge on any atom is -0.348 e. The Labute approximate surface area is 128 Å². The van der Waals surface area contributed by atoms with Crippen molar-refractivity contribution in [2.45, 2.75) is 18.9 Å². The molecular weight excluding hydrogens is 286 g/mol. The Kier molecular flexibility index (Phi) is 3.16. The van der Waals surface area contributed by atoms with Gasteiger partial charge < -0.3 is 14.6 Å². The molecule has 2 bridgehead atoms. The molecule has 4 nitrogen and oxygen atoms in total. The van der Waals surface area contributed by atoms with Gasteiger partial charge in [0.1, 0.15) is 0 Å². The highest BCUT2D eigenvalue weighted by Crippen LogP contribution is 2.27. The Bertz CT molecular complexity index is 684. The molecule has 1 N–H and O–H groups in total. The summed E-state index contributed by atoms with van der Waals surface area (Å²) < 4.78 is 1.92. The molecule has 2 saturated heterocycles. The third-order valence-electron chi connectivity index (χ3n) is 4.68. The first kappa shape index (κ1) is 13.2. The molecule has 4 rings (SSSR count). The van der Waals surface area contributed by atoms with E-state index < -0.39 is 0 Å². The topological polar surface area (TPSA) is 36.8 Å². The Morgan fingerprint density at radius 2 is 2.14 bits per heavy atom. The Morgan fingerprint density at radius 1 is 1.29 bits per heavy atom. The smallest absolute Gasteiger partial charge is 0.251 e. The number of amides is 1. The maximum absolute atomic E-state index is 12.4. The average molecular weight is 304 g/mol. The van der Waals surface area contributed by atoms with E-state index in [1.807, 2.05) is 35.0 Å². The van der Waals surface area contributed by atoms with Crippen molar-refractivity contribution in [2.75, 3.05) is 19.6 Å². The summed E-state index contributed by atoms with van der Waals surface area (Å²) >= 11 is 6.13. The minimum atomic E-state index is 0.00210. The summed E-state index contributed by atoms with van der Waals surface area (Å²) in [5.74, 6) is 0.758. The van der Waals surface area contributed by atoms with Gasteiger partial charge in [-0.3, -0.25) is 4.79 Å². The van der Waals surface area contributed by atoms with E-state index in [0.717, 1.165) is 24.4 Å². The fourth-order valence-corrected chi connectivity index (χ4v) is 3.85. The summed E-state index contributed by atoms with van der Waals surface area (Å²) in [6.07, 6.45) is 6.16. The van der Waals surface area contributed by atoms with Crippen LogP contribution < -0.4 is 5.32 Å². The van der Waals surface area contributed by atoms with Gasteiger partial charge in [-0.25, -0.2) is 0 Å². The standard InChI is InChI=1S/C16H18ClN3O/c17-14-3-6-20-5-2-12(8-15(14)20)16(21)18-13-7-11-1-4-19(9-11)10-13/h2-3,5-6,8,11,13H,1,4,7,9-10H2,(H,18,21)/t11?,13-/m1/s1. The van der Waals surface area contributed by atoms with Crippen LogP contribution in [0.2, 0.25) is 5.02 Å². The maximum Gasteiger partial charge on any atom is 0.251 e. The highest BCUT2D eigenvalue weighted by molar-refractivity contribution is 6.34. The average Bonchev–Trinajstić information content (AvgIpc) is 3.02. The van der Waals surface area contributed by atoms with Crippen molar-refractivity contribution in [3.8, 4) is 0 Å². The van der Waals surface area contributed by atoms with E-state index in [9.17, 15) is 4.79 Å². The lowest BCUT2D eigenvalue weighted by Crippen LogP contribution is -2.47. The van der Waals surface area contributed by atoms with E-state index in [4.69, 9.17) is 11.6 Å². The molecule has 2 aromatic rings. The van der Waals surface area contributed by atoms with Crippen molar-refractivity contribution in [1.29, 1.82) is 0 Å². The number of carbonyl (C=O) groups is 1. The lowest BCUT2D eigenvalue weighted by molar-refractivity contribution is 0.0909. The Morgan fingerprint density at radius 3 is 3.00 bits per heavy atom. The molecule has 5 heteroatoms. The van der Waals surface area contributed by atoms with E-state index in [0.29, 0.717) is 10.6 Å². The van der Waals surface area contributed by atoms with Crippen LogP contribution in [-0.4, -0.2) is 40.9 Å². The van der Waals surface area contributed by atoms with Gasteiger partial charge in [-0.05, 0) is 43.5 Å². The fourth-order valence-electron chi connectivity index (χ4n) is 3.64. The van der Waals surface area contributed by atoms with E-state index >= 15 is 0 Å². The van der Waals surface area contributed by atoms with Crippen LogP contribution in [0, 0.1) is 5.92 Å². The second-order valence-electron chi connectivity index (χ2n) is 6.19. The first-order chi connectivity index (χ1) is 10.2. The molecule has 4 heterocycles. The quantitative estimate of drug-likeness (QED) is 0.925. The van der Waals surface area contributed by atoms with Gasteiger partial charge in [0.25, 0.3) is 5.91 Å². The zero-order chi connectivity index (χ0) is 14.4. The molecule has 0 aliphatic carbocycles. The van der Waals surface area contributed by atoms with Crippen molar-refractivity contribution < 1.29 is 4.79 Å². The van der Waals surface area contributed by atoms with Gasteiger partial charge in [-0.15, -0.1) is 0 Å². The predicted molar refractivity (Wildman–Crippen MR) is 82.8 cm³/mol. The van der Waals surface area contributed by atoms with Crippen LogP contribution in [0.15, 0.2) is 30.6 Å². The number of nitrogens with zero attached hydrogens (tertiary/aromatic N) is 2. The van der Waals surface area contributed by atoms with Crippen molar-refractivity contribution in [1.82, 2.24) is 14.6 Å². The number of carbonyl (C=O) groups excluding carboxylic acids is 1. The van der Waals surface area contributed by atoms with Gasteiger partial charge in [-0.1, -0.05) is 11.6 Å². The van der Waals surface area contributed by atoms with Crippen LogP contribution in [0.5, 0.6) is 0 Å². The number of fused-ring (bicyclic) bond motifs is 3. The number of pyridine rings is 1. The number of rotatable bonds is 2. The van der Waals surface area contributed by atoms with Crippen LogP contribution in [0.4, 0.5) is 0 Å². The fraction of sp³-hybridized carbons (Fsp3) is 0.438. The lowest BCUT2D eigenvalue weighted by Gasteiger charge is -2.30. The highest BCUT2D eigenvalue weighted by Gasteiger charge is 2.32. The molecule has 0 spiro atoms. The van der Waals surface area contributed by atoms with Gasteiger partial charge in [-0.2, -0.15) is 0 Å². The summed E-state index contributed by atoms with van der Waals surface area (Å²) in [5.41, 5.74) is 1.55. The number of nitrogens with one attached hydrogen (secondary N) is 1. The van der Waals surface area contributed by atoms with Crippen LogP contribution in [0.25, 0.3) is 5.52 Å². The van der Waals surface area contributed by atoms with E-state index in [2.05, 4.69) is 10.2 Å². The molecule has 1 amide bonds. The molecule has 110 valence electrons. The Balaban J connectivity index is 1.52. The lowest BCUT2D eigenvalue weighted by atomic mass is 9.96. The molecule has 0 aromatic carbocycles. The van der Waals surface area contributed by atoms with Crippen molar-refractivity contribution >= 4 is 23.0 Å². The van der Waals surface area contributed by atoms with Crippen LogP contribution in [0.1, 0.15) is 23.2 Å². The molecule has 2 unspecified atom stereocenters. The predicted octanol–water partition coefficient (Wildman–Crippen LogP) is 2.42. The highest BCUT2D eigenvalue weighted by atomic mass is 35.5. The first-order valence-corrected chi connectivity index (χ1v) is 7.86. The second kappa shape index (κ2) is 5.04. The van der Waals surface area contributed by atoms with Gasteiger partial charge in [0.15, 0.2) is 0 Å². The number of hydrogen-bond donors (Lipinski definition) is 1. The maximum atomic E-state index is 12.4. The third kappa shape index (κ3) is 2.43. The van der Waals surface area contributed by atoms with Crippen LogP contribution in [0.3, 0.4) is 0 Å². The van der Waals surface area contributed by atoms with Gasteiger partial charge in [0.05, 0.1) is 10.5 Å². The van der Waals surface area contributed by atoms with Crippen LogP contribution >= 0.6 is 11.6 Å². The molecule has 3 atom stereocenters. The SMILES string of the molecule is O=C(N[C@@H]1CC2CCN(C2)C1)c1ccn2ccc(Cl)c2c1. The summed E-state index contributed by atoms with van der Waals surface area (Å²) in [7, 11) is 0. The van der Waals surface area contributed by atoms with Crippen molar-refractivity contribution in [2.24, 2.45) is 5.92 Å². The van der Waals surface area contributed by atoms with E-state index in [1.54, 1.807) is 0 Å². The Hall–Kier alpha value is -1.52. The molecule has 0 saturated carbocycles. The summed E-state index contributed by atoms with van der Waals surface area (Å²) in [6, 6.07) is 5.81. The molecule has 21 heavy (non-hydrogen) atoms. The zero-order valence-corrected chi connectivity index (χ0v) is 12.5. The third-order valence-corrected chi connectivity index (χ3v) is 4.99. The molecular formula is C16H18ClN3O. The number of piperidine rings is 1. The minimum absolute atomic E-state index is 0.00210. The summed E-state index contributed by atoms with van der Waals surface area (Å²) in [6.45, 7) is 3.37. The first-order valence-electron chi connectivity index (χ1n) is 7.48. The monoisotopic (exact) mass is 303 g/mol. The largest absolute Gasteiger partial charge is 0.348 e. The van der Waals surface area contributed by atoms with Crippen molar-refractivity contribution in [3.05, 3.63) is 41.2 Å². The molecule has 2 aromatic heterocycles. The van der Waals surface area contributed by atoms with Gasteiger partial charge in [0, 0.05) is 37.1 Å². The van der Waals surface area contributed by atoms with Crippen LogP contribution in [-0.2, 0) is 0 Å². The molecule has 2 aliphatic rings. The number of halogens is 1.